The molecule has 0 unspecified atom stereocenters. The minimum Gasteiger partial charge on any atom is 0 e. The summed E-state index contributed by atoms with van der Waals surface area (Å²) in [6, 6.07) is 0. The van der Waals surface area contributed by atoms with Crippen molar-refractivity contribution in [1.29, 1.82) is 0 Å². The first kappa shape index (κ1) is 29.4. The SMILES string of the molecule is O=[As](O)(O)O.O=[As](O)(O)O.[Se].[Se].[Se]. The zero-order valence-corrected chi connectivity index (χ0v) is 14.5. The van der Waals surface area contributed by atoms with E-state index in [0.717, 1.165) is 0 Å². The second kappa shape index (κ2) is 12.1. The van der Waals surface area contributed by atoms with E-state index in [9.17, 15) is 0 Å². The van der Waals surface area contributed by atoms with Gasteiger partial charge >= 0.3 is 61.1 Å². The Morgan fingerprint density at radius 3 is 0.538 bits per heavy atom. The van der Waals surface area contributed by atoms with E-state index in [-0.39, 0.29) is 51.2 Å². The maximum absolute atomic E-state index is 8.94. The van der Waals surface area contributed by atoms with Crippen LogP contribution < -0.4 is 0 Å². The smallest absolute Gasteiger partial charge is 0 e. The quantitative estimate of drug-likeness (QED) is 0.173. The average Bonchev–Trinajstić information content (AvgIpc) is 1.12. The standard InChI is InChI=1S/2AsH3O4.3Se/c2*2-1(3,4)5;;;/h2*(H3,2,3,4,5);;;. The van der Waals surface area contributed by atoms with Crippen molar-refractivity contribution in [2.24, 2.45) is 0 Å². The molecule has 0 aliphatic carbocycles. The van der Waals surface area contributed by atoms with Gasteiger partial charge in [-0.15, -0.1) is 0 Å². The third-order valence-electron chi connectivity index (χ3n) is 0. The van der Waals surface area contributed by atoms with Crippen molar-refractivity contribution in [2.75, 3.05) is 0 Å². The average molecular weight is 521 g/mol. The van der Waals surface area contributed by atoms with Gasteiger partial charge in [0.2, 0.25) is 0 Å². The minimum atomic E-state index is -5.12. The van der Waals surface area contributed by atoms with Gasteiger partial charge in [0, 0.05) is 51.2 Å². The molecule has 0 saturated heterocycles. The molecule has 0 fully saturated rings. The third-order valence-corrected chi connectivity index (χ3v) is 0. The summed E-state index contributed by atoms with van der Waals surface area (Å²) in [5, 5.41) is 0. The largest absolute Gasteiger partial charge is 0 e. The molecule has 6 radical (unpaired) electrons. The Morgan fingerprint density at radius 1 is 0.538 bits per heavy atom. The minimum absolute atomic E-state index is 0. The van der Waals surface area contributed by atoms with Crippen LogP contribution in [0, 0.1) is 0 Å². The van der Waals surface area contributed by atoms with Crippen molar-refractivity contribution >= 4 is 80.2 Å². The molecule has 0 aromatic carbocycles. The molecule has 13 heavy (non-hydrogen) atoms. The summed E-state index contributed by atoms with van der Waals surface area (Å²) in [6.45, 7) is 0. The fourth-order valence-electron chi connectivity index (χ4n) is 0. The molecule has 13 heteroatoms. The first-order valence-corrected chi connectivity index (χ1v) is 8.13. The zero-order chi connectivity index (χ0) is 9.00. The fourth-order valence-corrected chi connectivity index (χ4v) is 0. The van der Waals surface area contributed by atoms with Crippen LogP contribution in [0.5, 0.6) is 0 Å². The molecule has 0 spiro atoms. The summed E-state index contributed by atoms with van der Waals surface area (Å²) in [5.41, 5.74) is 0. The summed E-state index contributed by atoms with van der Waals surface area (Å²) >= 11 is -10.2. The summed E-state index contributed by atoms with van der Waals surface area (Å²) < 4.78 is 61.4. The molecule has 0 saturated carbocycles. The van der Waals surface area contributed by atoms with Crippen LogP contribution in [-0.2, 0) is 7.48 Å². The monoisotopic (exact) mass is 524 g/mol. The van der Waals surface area contributed by atoms with Gasteiger partial charge in [0.1, 0.15) is 0 Å². The maximum atomic E-state index is 8.94. The number of hydrogen-bond donors (Lipinski definition) is 6. The Bertz CT molecular complexity index is 130. The molecule has 8 nitrogen and oxygen atoms in total. The van der Waals surface area contributed by atoms with Crippen LogP contribution in [0.4, 0.5) is 0 Å². The van der Waals surface area contributed by atoms with Gasteiger partial charge in [0.25, 0.3) is 0 Å². The Kier molecular flexibility index (Phi) is 27.4. The van der Waals surface area contributed by atoms with Gasteiger partial charge in [-0.05, 0) is 0 Å². The third kappa shape index (κ3) is 491. The molecule has 6 N–H and O–H groups in total. The molecule has 82 valence electrons. The maximum Gasteiger partial charge on any atom is 0 e. The summed E-state index contributed by atoms with van der Waals surface area (Å²) in [7, 11) is 0. The van der Waals surface area contributed by atoms with E-state index in [4.69, 9.17) is 32.1 Å². The molecule has 0 rings (SSSR count). The van der Waals surface area contributed by atoms with E-state index in [1.807, 2.05) is 0 Å². The Morgan fingerprint density at radius 2 is 0.538 bits per heavy atom. The zero-order valence-electron chi connectivity index (χ0n) is 5.62. The van der Waals surface area contributed by atoms with E-state index in [2.05, 4.69) is 0 Å². The molecular formula is H6As2O8Se3. The van der Waals surface area contributed by atoms with E-state index in [1.54, 1.807) is 0 Å². The van der Waals surface area contributed by atoms with Crippen molar-refractivity contribution in [1.82, 2.24) is 0 Å². The van der Waals surface area contributed by atoms with Crippen molar-refractivity contribution in [2.45, 2.75) is 0 Å². The van der Waals surface area contributed by atoms with E-state index < -0.39 is 29.0 Å². The molecule has 0 aromatic rings. The van der Waals surface area contributed by atoms with Gasteiger partial charge in [0.15, 0.2) is 0 Å². The van der Waals surface area contributed by atoms with Gasteiger partial charge in [-0.3, -0.25) is 0 Å². The summed E-state index contributed by atoms with van der Waals surface area (Å²) in [6.07, 6.45) is 0. The van der Waals surface area contributed by atoms with Gasteiger partial charge in [-0.2, -0.15) is 0 Å². The van der Waals surface area contributed by atoms with Crippen molar-refractivity contribution < 1.29 is 32.1 Å². The Labute approximate surface area is 111 Å². The molecule has 0 aliphatic heterocycles. The van der Waals surface area contributed by atoms with Gasteiger partial charge < -0.3 is 0 Å². The molecule has 0 bridgehead atoms. The van der Waals surface area contributed by atoms with Crippen molar-refractivity contribution in [3.8, 4) is 0 Å². The molecule has 0 amide bonds. The predicted octanol–water partition coefficient (Wildman–Crippen LogP) is -5.48. The molecule has 0 aliphatic rings. The van der Waals surface area contributed by atoms with Crippen LogP contribution >= 0.6 is 0 Å². The van der Waals surface area contributed by atoms with Crippen LogP contribution in [0.1, 0.15) is 0 Å². The van der Waals surface area contributed by atoms with Crippen LogP contribution in [-0.4, -0.2) is 105 Å². The Hall–Kier alpha value is 2.04. The van der Waals surface area contributed by atoms with Crippen molar-refractivity contribution in [3.05, 3.63) is 0 Å². The number of rotatable bonds is 0. The van der Waals surface area contributed by atoms with Crippen LogP contribution in [0.25, 0.3) is 0 Å². The van der Waals surface area contributed by atoms with E-state index >= 15 is 0 Å². The van der Waals surface area contributed by atoms with Gasteiger partial charge in [-0.25, -0.2) is 0 Å². The normalized spacial score (nSPS) is 9.08. The van der Waals surface area contributed by atoms with Crippen LogP contribution in [0.3, 0.4) is 0 Å². The second-order valence-electron chi connectivity index (χ2n) is 1.03. The van der Waals surface area contributed by atoms with Crippen LogP contribution in [0.2, 0.25) is 0 Å². The number of hydrogen-bond acceptors (Lipinski definition) is 2. The molecular weight excluding hydrogens is 515 g/mol. The van der Waals surface area contributed by atoms with Crippen molar-refractivity contribution in [3.63, 3.8) is 0 Å². The molecule has 0 aromatic heterocycles. The topological polar surface area (TPSA) is 156 Å². The summed E-state index contributed by atoms with van der Waals surface area (Å²) in [5.74, 6) is 0. The Balaban J connectivity index is -0.0000000267. The van der Waals surface area contributed by atoms with E-state index in [0.29, 0.717) is 0 Å². The predicted molar refractivity (Wildman–Crippen MR) is 43.5 cm³/mol. The van der Waals surface area contributed by atoms with Gasteiger partial charge in [-0.1, -0.05) is 0 Å². The summed E-state index contributed by atoms with van der Waals surface area (Å²) in [4.78, 5) is 0. The first-order chi connectivity index (χ1) is 4.00. The molecule has 0 atom stereocenters. The second-order valence-corrected chi connectivity index (χ2v) is 5.33. The first-order valence-electron chi connectivity index (χ1n) is 1.57. The van der Waals surface area contributed by atoms with Gasteiger partial charge in [0.05, 0.1) is 0 Å². The molecule has 0 heterocycles. The fraction of sp³-hybridized carbons (Fsp3) is 0. The van der Waals surface area contributed by atoms with Crippen LogP contribution in [0.15, 0.2) is 0 Å². The van der Waals surface area contributed by atoms with E-state index in [1.165, 1.54) is 0 Å².